The number of likely N-dealkylation sites (N-methyl/N-ethyl adjacent to an activating group) is 1. The van der Waals surface area contributed by atoms with Crippen molar-refractivity contribution in [1.29, 1.82) is 0 Å². The number of carbonyl (C=O) groups is 1. The molecule has 0 heterocycles. The Hall–Kier alpha value is -0.570. The minimum absolute atomic E-state index is 0.0497. The lowest BCUT2D eigenvalue weighted by Crippen LogP contribution is -2.54. The lowest BCUT2D eigenvalue weighted by molar-refractivity contribution is -0.137. The Morgan fingerprint density at radius 1 is 1.50 bits per heavy atom. The van der Waals surface area contributed by atoms with Gasteiger partial charge in [-0.15, -0.1) is 0 Å². The molecule has 0 radical (unpaired) electrons. The second kappa shape index (κ2) is 5.35. The van der Waals surface area contributed by atoms with Gasteiger partial charge in [-0.05, 0) is 26.7 Å². The summed E-state index contributed by atoms with van der Waals surface area (Å²) in [6, 6.07) is 0.266. The number of carbonyl (C=O) groups excluding carboxylic acids is 1. The molecule has 0 aromatic rings. The van der Waals surface area contributed by atoms with Crippen LogP contribution in [0.15, 0.2) is 0 Å². The lowest BCUT2D eigenvalue weighted by atomic mass is 9.95. The fraction of sp³-hybridized carbons (Fsp3) is 0.909. The molecule has 0 saturated carbocycles. The third kappa shape index (κ3) is 3.29. The van der Waals surface area contributed by atoms with Crippen molar-refractivity contribution >= 4 is 5.91 Å². The van der Waals surface area contributed by atoms with Crippen molar-refractivity contribution in [3.05, 3.63) is 0 Å². The third-order valence-electron chi connectivity index (χ3n) is 2.83. The summed E-state index contributed by atoms with van der Waals surface area (Å²) >= 11 is 0. The second-order valence-corrected chi connectivity index (χ2v) is 4.34. The Kier molecular flexibility index (Phi) is 5.13. The van der Waals surface area contributed by atoms with Gasteiger partial charge in [0.25, 0.3) is 0 Å². The number of hydrogen-bond acceptors (Lipinski definition) is 2. The lowest BCUT2D eigenvalue weighted by Gasteiger charge is -2.32. The van der Waals surface area contributed by atoms with Gasteiger partial charge in [0.15, 0.2) is 0 Å². The minimum atomic E-state index is -0.701. The first-order chi connectivity index (χ1) is 6.36. The van der Waals surface area contributed by atoms with Gasteiger partial charge in [-0.3, -0.25) is 4.79 Å². The molecule has 0 spiro atoms. The average Bonchev–Trinajstić information content (AvgIpc) is 2.14. The summed E-state index contributed by atoms with van der Waals surface area (Å²) in [5.41, 5.74) is 5.27. The van der Waals surface area contributed by atoms with Gasteiger partial charge in [-0.2, -0.15) is 0 Å². The molecule has 2 N–H and O–H groups in total. The maximum absolute atomic E-state index is 12.0. The van der Waals surface area contributed by atoms with Gasteiger partial charge >= 0.3 is 0 Å². The molecular weight excluding hydrogens is 176 g/mol. The van der Waals surface area contributed by atoms with E-state index in [2.05, 4.69) is 6.92 Å². The molecule has 0 saturated heterocycles. The predicted octanol–water partition coefficient (Wildman–Crippen LogP) is 1.76. The first kappa shape index (κ1) is 13.4. The highest BCUT2D eigenvalue weighted by atomic mass is 16.2. The SMILES string of the molecule is CCCC(C)(N)C(=O)N(C)C(C)CC. The second-order valence-electron chi connectivity index (χ2n) is 4.34. The molecule has 3 nitrogen and oxygen atoms in total. The van der Waals surface area contributed by atoms with Crippen LogP contribution in [0.2, 0.25) is 0 Å². The standard InChI is InChI=1S/C11H24N2O/c1-6-8-11(4,12)10(14)13(5)9(3)7-2/h9H,6-8,12H2,1-5H3. The number of nitrogens with zero attached hydrogens (tertiary/aromatic N) is 1. The Labute approximate surface area is 87.6 Å². The van der Waals surface area contributed by atoms with Crippen LogP contribution in [0.5, 0.6) is 0 Å². The first-order valence-corrected chi connectivity index (χ1v) is 5.43. The van der Waals surface area contributed by atoms with Gasteiger partial charge in [0.2, 0.25) is 5.91 Å². The van der Waals surface area contributed by atoms with E-state index in [-0.39, 0.29) is 11.9 Å². The fourth-order valence-corrected chi connectivity index (χ4v) is 1.50. The smallest absolute Gasteiger partial charge is 0.242 e. The van der Waals surface area contributed by atoms with Crippen molar-refractivity contribution in [3.8, 4) is 0 Å². The monoisotopic (exact) mass is 200 g/mol. The molecule has 3 heteroatoms. The highest BCUT2D eigenvalue weighted by Gasteiger charge is 2.31. The van der Waals surface area contributed by atoms with E-state index in [1.165, 1.54) is 0 Å². The van der Waals surface area contributed by atoms with Crippen molar-refractivity contribution in [2.75, 3.05) is 7.05 Å². The third-order valence-corrected chi connectivity index (χ3v) is 2.83. The summed E-state index contributed by atoms with van der Waals surface area (Å²) in [4.78, 5) is 13.7. The zero-order valence-electron chi connectivity index (χ0n) is 10.1. The molecule has 84 valence electrons. The van der Waals surface area contributed by atoms with Crippen molar-refractivity contribution in [3.63, 3.8) is 0 Å². The largest absolute Gasteiger partial charge is 0.341 e. The van der Waals surface area contributed by atoms with Crippen LogP contribution < -0.4 is 5.73 Å². The van der Waals surface area contributed by atoms with Crippen LogP contribution in [-0.4, -0.2) is 29.4 Å². The predicted molar refractivity (Wildman–Crippen MR) is 60.0 cm³/mol. The Bertz CT molecular complexity index is 190. The van der Waals surface area contributed by atoms with E-state index in [4.69, 9.17) is 5.73 Å². The quantitative estimate of drug-likeness (QED) is 0.735. The Balaban J connectivity index is 4.44. The molecule has 0 aliphatic rings. The van der Waals surface area contributed by atoms with Crippen LogP contribution in [0.1, 0.15) is 47.0 Å². The van der Waals surface area contributed by atoms with Crippen LogP contribution >= 0.6 is 0 Å². The minimum Gasteiger partial charge on any atom is -0.341 e. The van der Waals surface area contributed by atoms with Gasteiger partial charge in [0.1, 0.15) is 0 Å². The molecule has 2 unspecified atom stereocenters. The summed E-state index contributed by atoms with van der Waals surface area (Å²) in [5, 5.41) is 0. The fourth-order valence-electron chi connectivity index (χ4n) is 1.50. The summed E-state index contributed by atoms with van der Waals surface area (Å²) in [6.45, 7) is 7.97. The molecule has 0 aliphatic carbocycles. The topological polar surface area (TPSA) is 46.3 Å². The molecule has 0 bridgehead atoms. The number of amides is 1. The van der Waals surface area contributed by atoms with Crippen molar-refractivity contribution < 1.29 is 4.79 Å². The first-order valence-electron chi connectivity index (χ1n) is 5.43. The zero-order chi connectivity index (χ0) is 11.4. The van der Waals surface area contributed by atoms with Crippen molar-refractivity contribution in [2.24, 2.45) is 5.73 Å². The molecule has 0 aromatic heterocycles. The molecule has 0 rings (SSSR count). The Morgan fingerprint density at radius 3 is 2.36 bits per heavy atom. The van der Waals surface area contributed by atoms with Crippen LogP contribution in [0.25, 0.3) is 0 Å². The van der Waals surface area contributed by atoms with Gasteiger partial charge in [-0.25, -0.2) is 0 Å². The van der Waals surface area contributed by atoms with E-state index in [9.17, 15) is 4.79 Å². The number of hydrogen-bond donors (Lipinski definition) is 1. The molecular formula is C11H24N2O. The van der Waals surface area contributed by atoms with E-state index in [0.29, 0.717) is 0 Å². The highest BCUT2D eigenvalue weighted by molar-refractivity contribution is 5.85. The average molecular weight is 200 g/mol. The van der Waals surface area contributed by atoms with E-state index < -0.39 is 5.54 Å². The van der Waals surface area contributed by atoms with Crippen LogP contribution in [-0.2, 0) is 4.79 Å². The maximum Gasteiger partial charge on any atom is 0.242 e. The zero-order valence-corrected chi connectivity index (χ0v) is 10.1. The summed E-state index contributed by atoms with van der Waals surface area (Å²) in [6.07, 6.45) is 2.64. The van der Waals surface area contributed by atoms with E-state index in [1.807, 2.05) is 27.8 Å². The highest BCUT2D eigenvalue weighted by Crippen LogP contribution is 2.14. The van der Waals surface area contributed by atoms with E-state index in [1.54, 1.807) is 4.90 Å². The molecule has 0 aromatic carbocycles. The summed E-state index contributed by atoms with van der Waals surface area (Å²) in [7, 11) is 1.83. The van der Waals surface area contributed by atoms with E-state index >= 15 is 0 Å². The van der Waals surface area contributed by atoms with Gasteiger partial charge in [0.05, 0.1) is 5.54 Å². The van der Waals surface area contributed by atoms with Gasteiger partial charge in [-0.1, -0.05) is 20.3 Å². The number of nitrogens with two attached hydrogens (primary N) is 1. The molecule has 1 amide bonds. The molecule has 14 heavy (non-hydrogen) atoms. The van der Waals surface area contributed by atoms with Gasteiger partial charge < -0.3 is 10.6 Å². The van der Waals surface area contributed by atoms with E-state index in [0.717, 1.165) is 19.3 Å². The molecule has 0 aliphatic heterocycles. The van der Waals surface area contributed by atoms with Crippen LogP contribution in [0, 0.1) is 0 Å². The van der Waals surface area contributed by atoms with Crippen LogP contribution in [0.4, 0.5) is 0 Å². The molecule has 0 fully saturated rings. The number of rotatable bonds is 5. The van der Waals surface area contributed by atoms with Crippen molar-refractivity contribution in [2.45, 2.75) is 58.5 Å². The summed E-state index contributed by atoms with van der Waals surface area (Å²) < 4.78 is 0. The normalized spacial score (nSPS) is 17.3. The maximum atomic E-state index is 12.0. The Morgan fingerprint density at radius 2 is 2.00 bits per heavy atom. The van der Waals surface area contributed by atoms with Gasteiger partial charge in [0, 0.05) is 13.1 Å². The molecule has 2 atom stereocenters. The van der Waals surface area contributed by atoms with Crippen LogP contribution in [0.3, 0.4) is 0 Å². The van der Waals surface area contributed by atoms with Crippen molar-refractivity contribution in [1.82, 2.24) is 4.90 Å². The summed E-state index contributed by atoms with van der Waals surface area (Å²) in [5.74, 6) is 0.0497.